The molecule has 0 saturated heterocycles. The summed E-state index contributed by atoms with van der Waals surface area (Å²) >= 11 is 9.55. The minimum absolute atomic E-state index is 0.0809. The smallest absolute Gasteiger partial charge is 0.138 e. The summed E-state index contributed by atoms with van der Waals surface area (Å²) in [5.74, 6) is 6.55. The Hall–Kier alpha value is -0.950. The van der Waals surface area contributed by atoms with Crippen LogP contribution in [0, 0.1) is 0 Å². The van der Waals surface area contributed by atoms with Crippen molar-refractivity contribution in [3.8, 4) is 0 Å². The molecule has 0 aliphatic carbocycles. The predicted octanol–water partition coefficient (Wildman–Crippen LogP) is 2.46. The van der Waals surface area contributed by atoms with Crippen LogP contribution in [0.1, 0.15) is 24.4 Å². The second-order valence-corrected chi connectivity index (χ2v) is 5.37. The Balaban J connectivity index is 2.27. The van der Waals surface area contributed by atoms with Crippen molar-refractivity contribution in [2.24, 2.45) is 5.84 Å². The van der Waals surface area contributed by atoms with Gasteiger partial charge in [0.25, 0.3) is 0 Å². The number of hydrogen-bond donors (Lipinski definition) is 2. The van der Waals surface area contributed by atoms with Crippen molar-refractivity contribution in [2.45, 2.75) is 25.9 Å². The fourth-order valence-electron chi connectivity index (χ4n) is 1.93. The van der Waals surface area contributed by atoms with E-state index in [0.29, 0.717) is 11.4 Å². The van der Waals surface area contributed by atoms with Crippen LogP contribution < -0.4 is 11.3 Å². The fourth-order valence-corrected chi connectivity index (χ4v) is 2.64. The predicted molar refractivity (Wildman–Crippen MR) is 78.6 cm³/mol. The maximum atomic E-state index is 6.04. The third kappa shape index (κ3) is 3.33. The second kappa shape index (κ2) is 6.47. The number of aryl methyl sites for hydroxylation is 1. The van der Waals surface area contributed by atoms with Crippen LogP contribution in [0.5, 0.6) is 0 Å². The van der Waals surface area contributed by atoms with Crippen LogP contribution >= 0.6 is 27.5 Å². The highest BCUT2D eigenvalue weighted by Crippen LogP contribution is 2.28. The summed E-state index contributed by atoms with van der Waals surface area (Å²) in [7, 11) is 0. The maximum absolute atomic E-state index is 6.04. The van der Waals surface area contributed by atoms with Gasteiger partial charge in [0.1, 0.15) is 12.2 Å². The molecular formula is C12H15BrClN5. The minimum atomic E-state index is -0.0809. The largest absolute Gasteiger partial charge is 0.271 e. The van der Waals surface area contributed by atoms with Gasteiger partial charge >= 0.3 is 0 Å². The van der Waals surface area contributed by atoms with Crippen molar-refractivity contribution in [1.82, 2.24) is 20.2 Å². The summed E-state index contributed by atoms with van der Waals surface area (Å²) in [6.45, 7) is 2.81. The van der Waals surface area contributed by atoms with Gasteiger partial charge in [-0.1, -0.05) is 27.5 Å². The number of hydrazine groups is 1. The average molecular weight is 345 g/mol. The molecule has 0 radical (unpaired) electrons. The van der Waals surface area contributed by atoms with Crippen molar-refractivity contribution in [2.75, 3.05) is 0 Å². The molecule has 1 heterocycles. The Bertz CT molecular complexity index is 557. The number of nitrogens with zero attached hydrogens (tertiary/aromatic N) is 3. The standard InChI is InChI=1S/C12H15BrClN5/c1-2-19-12(16-7-17-19)6-11(18-15)9-5-8(14)3-4-10(9)13/h3-5,7,11,18H,2,6,15H2,1H3. The molecule has 7 heteroatoms. The van der Waals surface area contributed by atoms with Crippen LogP contribution in [0.15, 0.2) is 29.0 Å². The molecule has 1 aromatic heterocycles. The number of hydrogen-bond acceptors (Lipinski definition) is 4. The molecule has 1 unspecified atom stereocenters. The maximum Gasteiger partial charge on any atom is 0.138 e. The van der Waals surface area contributed by atoms with Crippen molar-refractivity contribution in [1.29, 1.82) is 0 Å². The van der Waals surface area contributed by atoms with Gasteiger partial charge in [-0.05, 0) is 30.7 Å². The summed E-state index contributed by atoms with van der Waals surface area (Å²) < 4.78 is 2.81. The topological polar surface area (TPSA) is 68.8 Å². The van der Waals surface area contributed by atoms with Crippen LogP contribution in [0.25, 0.3) is 0 Å². The van der Waals surface area contributed by atoms with Gasteiger partial charge in [-0.3, -0.25) is 16.0 Å². The van der Waals surface area contributed by atoms with Gasteiger partial charge in [0.2, 0.25) is 0 Å². The monoisotopic (exact) mass is 343 g/mol. The number of rotatable bonds is 5. The Kier molecular flexibility index (Phi) is 4.93. The third-order valence-corrected chi connectivity index (χ3v) is 3.87. The molecule has 0 amide bonds. The Morgan fingerprint density at radius 2 is 2.32 bits per heavy atom. The SMILES string of the molecule is CCn1ncnc1CC(NN)c1cc(Cl)ccc1Br. The molecule has 1 atom stereocenters. The summed E-state index contributed by atoms with van der Waals surface area (Å²) in [5, 5.41) is 4.83. The second-order valence-electron chi connectivity index (χ2n) is 4.08. The van der Waals surface area contributed by atoms with E-state index < -0.39 is 0 Å². The van der Waals surface area contributed by atoms with Gasteiger partial charge in [0, 0.05) is 22.5 Å². The van der Waals surface area contributed by atoms with Crippen molar-refractivity contribution in [3.63, 3.8) is 0 Å². The van der Waals surface area contributed by atoms with Crippen molar-refractivity contribution < 1.29 is 0 Å². The van der Waals surface area contributed by atoms with Gasteiger partial charge in [0.15, 0.2) is 0 Å². The molecule has 19 heavy (non-hydrogen) atoms. The zero-order valence-corrected chi connectivity index (χ0v) is 12.8. The first kappa shape index (κ1) is 14.5. The first-order valence-corrected chi connectivity index (χ1v) is 7.10. The molecule has 0 aliphatic heterocycles. The van der Waals surface area contributed by atoms with Crippen molar-refractivity contribution in [3.05, 3.63) is 45.4 Å². The summed E-state index contributed by atoms with van der Waals surface area (Å²) in [6, 6.07) is 5.55. The van der Waals surface area contributed by atoms with Crippen LogP contribution in [-0.4, -0.2) is 14.8 Å². The number of aromatic nitrogens is 3. The Morgan fingerprint density at radius 3 is 3.00 bits per heavy atom. The fraction of sp³-hybridized carbons (Fsp3) is 0.333. The highest BCUT2D eigenvalue weighted by molar-refractivity contribution is 9.10. The van der Waals surface area contributed by atoms with Crippen LogP contribution in [0.4, 0.5) is 0 Å². The molecule has 1 aromatic carbocycles. The number of halogens is 2. The molecule has 102 valence electrons. The molecule has 0 spiro atoms. The van der Waals surface area contributed by atoms with E-state index in [2.05, 4.69) is 31.4 Å². The van der Waals surface area contributed by atoms with Crippen molar-refractivity contribution >= 4 is 27.5 Å². The van der Waals surface area contributed by atoms with E-state index in [1.165, 1.54) is 0 Å². The molecule has 3 N–H and O–H groups in total. The van der Waals surface area contributed by atoms with Crippen LogP contribution in [0.2, 0.25) is 5.02 Å². The number of nitrogens with two attached hydrogens (primary N) is 1. The quantitative estimate of drug-likeness (QED) is 0.646. The third-order valence-electron chi connectivity index (χ3n) is 2.92. The lowest BCUT2D eigenvalue weighted by Crippen LogP contribution is -2.30. The first-order valence-electron chi connectivity index (χ1n) is 5.93. The summed E-state index contributed by atoms with van der Waals surface area (Å²) in [4.78, 5) is 4.26. The van der Waals surface area contributed by atoms with E-state index in [1.807, 2.05) is 29.8 Å². The molecular weight excluding hydrogens is 330 g/mol. The number of nitrogens with one attached hydrogen (secondary N) is 1. The van der Waals surface area contributed by atoms with Gasteiger partial charge in [-0.15, -0.1) is 0 Å². The van der Waals surface area contributed by atoms with Gasteiger partial charge in [0.05, 0.1) is 6.04 Å². The van der Waals surface area contributed by atoms with E-state index in [0.717, 1.165) is 22.4 Å². The molecule has 5 nitrogen and oxygen atoms in total. The summed E-state index contributed by atoms with van der Waals surface area (Å²) in [5.41, 5.74) is 3.81. The Labute approximate surface area is 125 Å². The lowest BCUT2D eigenvalue weighted by atomic mass is 10.0. The average Bonchev–Trinajstić information content (AvgIpc) is 2.86. The Morgan fingerprint density at radius 1 is 1.53 bits per heavy atom. The normalized spacial score (nSPS) is 12.6. The highest BCUT2D eigenvalue weighted by Gasteiger charge is 2.17. The lowest BCUT2D eigenvalue weighted by Gasteiger charge is -2.18. The number of benzene rings is 1. The molecule has 0 fully saturated rings. The lowest BCUT2D eigenvalue weighted by molar-refractivity contribution is 0.509. The molecule has 2 aromatic rings. The van der Waals surface area contributed by atoms with E-state index in [4.69, 9.17) is 17.4 Å². The van der Waals surface area contributed by atoms with E-state index in [1.54, 1.807) is 6.33 Å². The van der Waals surface area contributed by atoms with E-state index >= 15 is 0 Å². The first-order chi connectivity index (χ1) is 9.15. The summed E-state index contributed by atoms with van der Waals surface area (Å²) in [6.07, 6.45) is 2.20. The minimum Gasteiger partial charge on any atom is -0.271 e. The zero-order chi connectivity index (χ0) is 13.8. The van der Waals surface area contributed by atoms with Gasteiger partial charge in [-0.2, -0.15) is 5.10 Å². The molecule has 0 saturated carbocycles. The van der Waals surface area contributed by atoms with Crippen LogP contribution in [-0.2, 0) is 13.0 Å². The van der Waals surface area contributed by atoms with E-state index in [9.17, 15) is 0 Å². The zero-order valence-electron chi connectivity index (χ0n) is 10.5. The van der Waals surface area contributed by atoms with Gasteiger partial charge < -0.3 is 0 Å². The van der Waals surface area contributed by atoms with Gasteiger partial charge in [-0.25, -0.2) is 4.98 Å². The van der Waals surface area contributed by atoms with Crippen LogP contribution in [0.3, 0.4) is 0 Å². The molecule has 2 rings (SSSR count). The molecule has 0 aliphatic rings. The molecule has 0 bridgehead atoms. The highest BCUT2D eigenvalue weighted by atomic mass is 79.9. The van der Waals surface area contributed by atoms with E-state index in [-0.39, 0.29) is 6.04 Å².